The van der Waals surface area contributed by atoms with Gasteiger partial charge in [0.15, 0.2) is 11.5 Å². The molecule has 1 aromatic rings. The number of rotatable bonds is 4. The van der Waals surface area contributed by atoms with Gasteiger partial charge in [-0.1, -0.05) is 12.1 Å². The van der Waals surface area contributed by atoms with Gasteiger partial charge < -0.3 is 20.7 Å². The van der Waals surface area contributed by atoms with Crippen LogP contribution in [-0.4, -0.2) is 23.2 Å². The SMILES string of the molecule is NC(CCO)c1cccc(OC(F)(F)F)c1O. The van der Waals surface area contributed by atoms with Gasteiger partial charge in [0, 0.05) is 18.2 Å². The highest BCUT2D eigenvalue weighted by Gasteiger charge is 2.32. The van der Waals surface area contributed by atoms with Crippen molar-refractivity contribution < 1.29 is 28.1 Å². The highest BCUT2D eigenvalue weighted by molar-refractivity contribution is 5.46. The van der Waals surface area contributed by atoms with E-state index in [0.717, 1.165) is 6.07 Å². The van der Waals surface area contributed by atoms with E-state index in [2.05, 4.69) is 4.74 Å². The lowest BCUT2D eigenvalue weighted by Crippen LogP contribution is -2.18. The van der Waals surface area contributed by atoms with E-state index in [9.17, 15) is 18.3 Å². The number of nitrogens with two attached hydrogens (primary N) is 1. The summed E-state index contributed by atoms with van der Waals surface area (Å²) in [4.78, 5) is 0. The molecule has 0 bridgehead atoms. The van der Waals surface area contributed by atoms with Crippen LogP contribution in [-0.2, 0) is 0 Å². The highest BCUT2D eigenvalue weighted by atomic mass is 19.4. The highest BCUT2D eigenvalue weighted by Crippen LogP contribution is 2.36. The molecule has 0 amide bonds. The molecule has 0 fully saturated rings. The Morgan fingerprint density at radius 3 is 2.53 bits per heavy atom. The Balaban J connectivity index is 2.99. The Hall–Kier alpha value is -1.47. The average Bonchev–Trinajstić information content (AvgIpc) is 2.19. The number of para-hydroxylation sites is 1. The van der Waals surface area contributed by atoms with E-state index >= 15 is 0 Å². The van der Waals surface area contributed by atoms with Gasteiger partial charge in [-0.2, -0.15) is 0 Å². The molecule has 0 aliphatic rings. The van der Waals surface area contributed by atoms with E-state index in [0.29, 0.717) is 0 Å². The number of aliphatic hydroxyl groups excluding tert-OH is 1. The van der Waals surface area contributed by atoms with Crippen LogP contribution in [0.3, 0.4) is 0 Å². The van der Waals surface area contributed by atoms with Crippen molar-refractivity contribution in [3.05, 3.63) is 23.8 Å². The van der Waals surface area contributed by atoms with E-state index in [1.54, 1.807) is 0 Å². The number of aromatic hydroxyl groups is 1. The first kappa shape index (κ1) is 13.6. The van der Waals surface area contributed by atoms with Crippen molar-refractivity contribution in [1.29, 1.82) is 0 Å². The van der Waals surface area contributed by atoms with Gasteiger partial charge in [0.25, 0.3) is 0 Å². The Bertz CT molecular complexity index is 382. The zero-order valence-corrected chi connectivity index (χ0v) is 8.74. The third-order valence-electron chi connectivity index (χ3n) is 2.10. The molecule has 7 heteroatoms. The molecule has 1 atom stereocenters. The van der Waals surface area contributed by atoms with E-state index < -0.39 is 23.9 Å². The van der Waals surface area contributed by atoms with Gasteiger partial charge in [-0.05, 0) is 12.5 Å². The largest absolute Gasteiger partial charge is 0.573 e. The zero-order valence-electron chi connectivity index (χ0n) is 8.74. The number of hydrogen-bond acceptors (Lipinski definition) is 4. The third-order valence-corrected chi connectivity index (χ3v) is 2.10. The smallest absolute Gasteiger partial charge is 0.504 e. The van der Waals surface area contributed by atoms with Crippen molar-refractivity contribution >= 4 is 0 Å². The van der Waals surface area contributed by atoms with Crippen LogP contribution in [0.15, 0.2) is 18.2 Å². The van der Waals surface area contributed by atoms with E-state index in [4.69, 9.17) is 10.8 Å². The second-order valence-corrected chi connectivity index (χ2v) is 3.36. The number of halogens is 3. The fraction of sp³-hybridized carbons (Fsp3) is 0.400. The van der Waals surface area contributed by atoms with E-state index in [1.807, 2.05) is 0 Å². The van der Waals surface area contributed by atoms with Crippen molar-refractivity contribution in [3.8, 4) is 11.5 Å². The summed E-state index contributed by atoms with van der Waals surface area (Å²) in [6.45, 7) is -0.231. The summed E-state index contributed by atoms with van der Waals surface area (Å²) < 4.78 is 39.6. The fourth-order valence-electron chi connectivity index (χ4n) is 1.34. The normalized spacial score (nSPS) is 13.5. The molecule has 0 aromatic heterocycles. The minimum absolute atomic E-state index is 0.0980. The first-order valence-corrected chi connectivity index (χ1v) is 4.79. The van der Waals surface area contributed by atoms with Crippen molar-refractivity contribution in [3.63, 3.8) is 0 Å². The number of alkyl halides is 3. The van der Waals surface area contributed by atoms with Crippen LogP contribution < -0.4 is 10.5 Å². The molecule has 0 aliphatic heterocycles. The number of phenols is 1. The molecule has 0 radical (unpaired) electrons. The minimum atomic E-state index is -4.88. The van der Waals surface area contributed by atoms with Crippen molar-refractivity contribution in [2.45, 2.75) is 18.8 Å². The molecule has 4 N–H and O–H groups in total. The standard InChI is InChI=1S/C10H12F3NO3/c11-10(12,13)17-8-3-1-2-6(9(8)16)7(14)4-5-15/h1-3,7,15-16H,4-5,14H2. The summed E-state index contributed by atoms with van der Waals surface area (Å²) in [6.07, 6.45) is -4.75. The monoisotopic (exact) mass is 251 g/mol. The van der Waals surface area contributed by atoms with Gasteiger partial charge in [0.05, 0.1) is 0 Å². The molecule has 96 valence electrons. The van der Waals surface area contributed by atoms with E-state index in [1.165, 1.54) is 12.1 Å². The van der Waals surface area contributed by atoms with Crippen LogP contribution in [0.2, 0.25) is 0 Å². The minimum Gasteiger partial charge on any atom is -0.504 e. The lowest BCUT2D eigenvalue weighted by Gasteiger charge is -2.16. The molecular formula is C10H12F3NO3. The molecule has 4 nitrogen and oxygen atoms in total. The first-order chi connectivity index (χ1) is 7.85. The molecule has 1 aromatic carbocycles. The molecule has 0 saturated heterocycles. The molecule has 17 heavy (non-hydrogen) atoms. The van der Waals surface area contributed by atoms with Crippen molar-refractivity contribution in [2.75, 3.05) is 6.61 Å². The third kappa shape index (κ3) is 3.79. The topological polar surface area (TPSA) is 75.7 Å². The van der Waals surface area contributed by atoms with Gasteiger partial charge in [-0.15, -0.1) is 13.2 Å². The predicted molar refractivity (Wildman–Crippen MR) is 53.4 cm³/mol. The van der Waals surface area contributed by atoms with Crippen LogP contribution in [0.5, 0.6) is 11.5 Å². The molecule has 0 heterocycles. The number of benzene rings is 1. The predicted octanol–water partition coefficient (Wildman–Crippen LogP) is 1.67. The summed E-state index contributed by atoms with van der Waals surface area (Å²) in [7, 11) is 0. The van der Waals surface area contributed by atoms with Gasteiger partial charge in [-0.25, -0.2) is 0 Å². The first-order valence-electron chi connectivity index (χ1n) is 4.79. The Labute approximate surface area is 95.4 Å². The van der Waals surface area contributed by atoms with Crippen LogP contribution >= 0.6 is 0 Å². The second kappa shape index (κ2) is 5.24. The molecule has 0 spiro atoms. The Morgan fingerprint density at radius 2 is 2.00 bits per heavy atom. The number of phenolic OH excluding ortho intramolecular Hbond substituents is 1. The van der Waals surface area contributed by atoms with Gasteiger partial charge in [0.2, 0.25) is 0 Å². The lowest BCUT2D eigenvalue weighted by atomic mass is 10.0. The average molecular weight is 251 g/mol. The zero-order chi connectivity index (χ0) is 13.1. The van der Waals surface area contributed by atoms with Gasteiger partial charge >= 0.3 is 6.36 Å². The van der Waals surface area contributed by atoms with Gasteiger partial charge in [0.1, 0.15) is 0 Å². The van der Waals surface area contributed by atoms with Crippen molar-refractivity contribution in [2.24, 2.45) is 5.73 Å². The number of ether oxygens (including phenoxy) is 1. The summed E-state index contributed by atoms with van der Waals surface area (Å²) in [6, 6.07) is 2.89. The van der Waals surface area contributed by atoms with Gasteiger partial charge in [-0.3, -0.25) is 0 Å². The maximum absolute atomic E-state index is 12.0. The van der Waals surface area contributed by atoms with E-state index in [-0.39, 0.29) is 18.6 Å². The summed E-state index contributed by atoms with van der Waals surface area (Å²) >= 11 is 0. The Kier molecular flexibility index (Phi) is 4.19. The number of aliphatic hydroxyl groups is 1. The summed E-state index contributed by atoms with van der Waals surface area (Å²) in [5.74, 6) is -1.37. The maximum Gasteiger partial charge on any atom is 0.573 e. The molecular weight excluding hydrogens is 239 g/mol. The van der Waals surface area contributed by atoms with Crippen LogP contribution in [0.25, 0.3) is 0 Å². The molecule has 1 unspecified atom stereocenters. The lowest BCUT2D eigenvalue weighted by molar-refractivity contribution is -0.275. The quantitative estimate of drug-likeness (QED) is 0.760. The molecule has 1 rings (SSSR count). The van der Waals surface area contributed by atoms with Crippen LogP contribution in [0.4, 0.5) is 13.2 Å². The molecule has 0 saturated carbocycles. The number of hydrogen-bond donors (Lipinski definition) is 3. The Morgan fingerprint density at radius 1 is 1.35 bits per heavy atom. The second-order valence-electron chi connectivity index (χ2n) is 3.36. The van der Waals surface area contributed by atoms with Crippen LogP contribution in [0.1, 0.15) is 18.0 Å². The maximum atomic E-state index is 12.0. The summed E-state index contributed by atoms with van der Waals surface area (Å²) in [5.41, 5.74) is 5.68. The fourth-order valence-corrected chi connectivity index (χ4v) is 1.34. The van der Waals surface area contributed by atoms with Crippen LogP contribution in [0, 0.1) is 0 Å². The summed E-state index contributed by atoms with van der Waals surface area (Å²) in [5, 5.41) is 18.2. The molecule has 0 aliphatic carbocycles. The van der Waals surface area contributed by atoms with Crippen molar-refractivity contribution in [1.82, 2.24) is 0 Å².